The predicted octanol–water partition coefficient (Wildman–Crippen LogP) is -1.88. The molecule has 2 amide bonds. The molecule has 1 rings (SSSR count). The van der Waals surface area contributed by atoms with Gasteiger partial charge < -0.3 is 14.7 Å². The number of carbonyl (C=O) groups excluding carboxylic acids is 4. The van der Waals surface area contributed by atoms with E-state index >= 15 is 0 Å². The van der Waals surface area contributed by atoms with Crippen LogP contribution >= 0.6 is 0 Å². The van der Waals surface area contributed by atoms with Gasteiger partial charge in [-0.05, 0) is 6.42 Å². The van der Waals surface area contributed by atoms with Gasteiger partial charge >= 0.3 is 5.97 Å². The van der Waals surface area contributed by atoms with Crippen LogP contribution in [-0.2, 0) is 24.0 Å². The van der Waals surface area contributed by atoms with Crippen molar-refractivity contribution in [2.45, 2.75) is 25.7 Å². The molecule has 0 radical (unpaired) electrons. The summed E-state index contributed by atoms with van der Waals surface area (Å²) in [5.74, 6) is -3.53. The number of amides is 2. The lowest BCUT2D eigenvalue weighted by molar-refractivity contribution is -0.305. The second-order valence-electron chi connectivity index (χ2n) is 2.92. The quantitative estimate of drug-likeness (QED) is 0.507. The van der Waals surface area contributed by atoms with Crippen LogP contribution in [-0.4, -0.2) is 28.8 Å². The third kappa shape index (κ3) is 3.04. The first-order valence-corrected chi connectivity index (χ1v) is 4.27. The molecule has 0 aromatic carbocycles. The van der Waals surface area contributed by atoms with E-state index in [9.17, 15) is 24.3 Å². The molecule has 7 nitrogen and oxygen atoms in total. The number of carboxylic acids is 1. The molecule has 0 aromatic heterocycles. The highest BCUT2D eigenvalue weighted by molar-refractivity contribution is 6.01. The Morgan fingerprint density at radius 1 is 1.20 bits per heavy atom. The minimum atomic E-state index is -1.40. The normalized spacial score (nSPS) is 15.6. The minimum Gasteiger partial charge on any atom is -0.550 e. The Morgan fingerprint density at radius 2 is 1.73 bits per heavy atom. The molecule has 1 heterocycles. The van der Waals surface area contributed by atoms with Crippen molar-refractivity contribution in [2.24, 2.45) is 0 Å². The van der Waals surface area contributed by atoms with E-state index in [0.717, 1.165) is 0 Å². The summed E-state index contributed by atoms with van der Waals surface area (Å²) >= 11 is 0. The van der Waals surface area contributed by atoms with Crippen molar-refractivity contribution in [3.63, 3.8) is 0 Å². The zero-order valence-corrected chi connectivity index (χ0v) is 7.73. The summed E-state index contributed by atoms with van der Waals surface area (Å²) in [6, 6.07) is 0. The Kier molecular flexibility index (Phi) is 3.37. The highest BCUT2D eigenvalue weighted by Crippen LogP contribution is 2.12. The minimum absolute atomic E-state index is 0.00655. The zero-order chi connectivity index (χ0) is 11.4. The van der Waals surface area contributed by atoms with Crippen LogP contribution in [0.4, 0.5) is 0 Å². The maximum absolute atomic E-state index is 11.0. The van der Waals surface area contributed by atoms with E-state index in [0.29, 0.717) is 5.06 Å². The maximum atomic E-state index is 11.0. The van der Waals surface area contributed by atoms with Crippen molar-refractivity contribution in [2.75, 3.05) is 0 Å². The van der Waals surface area contributed by atoms with Gasteiger partial charge in [-0.25, -0.2) is 4.79 Å². The number of carbonyl (C=O) groups is 4. The van der Waals surface area contributed by atoms with Crippen LogP contribution in [0.2, 0.25) is 0 Å². The molecule has 0 atom stereocenters. The molecule has 1 aliphatic heterocycles. The average molecular weight is 214 g/mol. The monoisotopic (exact) mass is 214 g/mol. The summed E-state index contributed by atoms with van der Waals surface area (Å²) in [5, 5.41) is 10.4. The lowest BCUT2D eigenvalue weighted by atomic mass is 10.3. The molecule has 7 heteroatoms. The molecule has 0 saturated carbocycles. The van der Waals surface area contributed by atoms with Crippen LogP contribution in [0.5, 0.6) is 0 Å². The van der Waals surface area contributed by atoms with Crippen molar-refractivity contribution in [3.8, 4) is 0 Å². The van der Waals surface area contributed by atoms with Gasteiger partial charge in [-0.2, -0.15) is 0 Å². The molecule has 0 aliphatic carbocycles. The highest BCUT2D eigenvalue weighted by Gasteiger charge is 2.32. The molecule has 15 heavy (non-hydrogen) atoms. The third-order valence-electron chi connectivity index (χ3n) is 1.73. The van der Waals surface area contributed by atoms with Crippen molar-refractivity contribution < 1.29 is 29.1 Å². The smallest absolute Gasteiger partial charge is 0.333 e. The van der Waals surface area contributed by atoms with E-state index in [1.165, 1.54) is 0 Å². The number of hydroxylamine groups is 2. The fraction of sp³-hybridized carbons (Fsp3) is 0.500. The van der Waals surface area contributed by atoms with Gasteiger partial charge in [0.15, 0.2) is 0 Å². The van der Waals surface area contributed by atoms with E-state index in [2.05, 4.69) is 4.84 Å². The molecule has 0 bridgehead atoms. The van der Waals surface area contributed by atoms with Crippen molar-refractivity contribution >= 4 is 23.8 Å². The maximum Gasteiger partial charge on any atom is 0.333 e. The number of imide groups is 1. The van der Waals surface area contributed by atoms with Gasteiger partial charge in [0.1, 0.15) is 0 Å². The Morgan fingerprint density at radius 3 is 2.20 bits per heavy atom. The molecule has 82 valence electrons. The predicted molar refractivity (Wildman–Crippen MR) is 41.4 cm³/mol. The summed E-state index contributed by atoms with van der Waals surface area (Å²) < 4.78 is 0. The third-order valence-corrected chi connectivity index (χ3v) is 1.73. The lowest BCUT2D eigenvalue weighted by Crippen LogP contribution is -2.32. The molecular weight excluding hydrogens is 206 g/mol. The standard InChI is InChI=1S/C8H9NO6/c10-5-1-2-6(11)9(5)15-8(14)4-3-7(12)13/h1-4H2,(H,12,13)/p-1. The largest absolute Gasteiger partial charge is 0.550 e. The van der Waals surface area contributed by atoms with Crippen LogP contribution in [0.15, 0.2) is 0 Å². The van der Waals surface area contributed by atoms with E-state index in [-0.39, 0.29) is 12.8 Å². The van der Waals surface area contributed by atoms with Gasteiger partial charge in [0, 0.05) is 18.8 Å². The molecule has 0 aromatic rings. The molecule has 0 unspecified atom stereocenters. The van der Waals surface area contributed by atoms with Gasteiger partial charge in [-0.15, -0.1) is 5.06 Å². The summed E-state index contributed by atoms with van der Waals surface area (Å²) in [7, 11) is 0. The number of nitrogens with zero attached hydrogens (tertiary/aromatic N) is 1. The SMILES string of the molecule is O=C([O-])CCC(=O)ON1C(=O)CCC1=O. The van der Waals surface area contributed by atoms with E-state index < -0.39 is 36.6 Å². The lowest BCUT2D eigenvalue weighted by Gasteiger charge is -2.12. The Labute approximate surface area is 84.6 Å². The van der Waals surface area contributed by atoms with E-state index in [1.807, 2.05) is 0 Å². The number of hydrogen-bond acceptors (Lipinski definition) is 6. The second kappa shape index (κ2) is 4.54. The second-order valence-corrected chi connectivity index (χ2v) is 2.92. The molecular formula is C8H8NO6-. The first-order valence-electron chi connectivity index (χ1n) is 4.27. The summed E-state index contributed by atoms with van der Waals surface area (Å²) in [6.07, 6.45) is -0.923. The van der Waals surface area contributed by atoms with Gasteiger partial charge in [0.2, 0.25) is 0 Å². The fourth-order valence-corrected chi connectivity index (χ4v) is 1.01. The molecule has 0 spiro atoms. The van der Waals surface area contributed by atoms with Crippen molar-refractivity contribution in [1.29, 1.82) is 0 Å². The first kappa shape index (κ1) is 11.2. The van der Waals surface area contributed by atoms with Crippen LogP contribution < -0.4 is 5.11 Å². The molecule has 1 saturated heterocycles. The van der Waals surface area contributed by atoms with Crippen molar-refractivity contribution in [1.82, 2.24) is 5.06 Å². The van der Waals surface area contributed by atoms with E-state index in [1.54, 1.807) is 0 Å². The van der Waals surface area contributed by atoms with E-state index in [4.69, 9.17) is 0 Å². The number of hydrogen-bond donors (Lipinski definition) is 0. The number of aliphatic carboxylic acids is 1. The number of rotatable bonds is 4. The summed E-state index contributed by atoms with van der Waals surface area (Å²) in [5.41, 5.74) is 0. The Balaban J connectivity index is 2.40. The van der Waals surface area contributed by atoms with Crippen molar-refractivity contribution in [3.05, 3.63) is 0 Å². The van der Waals surface area contributed by atoms with Crippen LogP contribution in [0.25, 0.3) is 0 Å². The summed E-state index contributed by atoms with van der Waals surface area (Å²) in [6.45, 7) is 0. The molecule has 0 N–H and O–H groups in total. The first-order chi connectivity index (χ1) is 7.00. The topological polar surface area (TPSA) is 104 Å². The van der Waals surface area contributed by atoms with Crippen LogP contribution in [0.1, 0.15) is 25.7 Å². The van der Waals surface area contributed by atoms with Gasteiger partial charge in [0.25, 0.3) is 11.8 Å². The Bertz CT molecular complexity index is 307. The summed E-state index contributed by atoms with van der Waals surface area (Å²) in [4.78, 5) is 47.2. The molecule has 1 fully saturated rings. The average Bonchev–Trinajstić information content (AvgIpc) is 2.46. The Hall–Kier alpha value is -1.92. The fourth-order valence-electron chi connectivity index (χ4n) is 1.01. The molecule has 1 aliphatic rings. The van der Waals surface area contributed by atoms with Crippen LogP contribution in [0, 0.1) is 0 Å². The zero-order valence-electron chi connectivity index (χ0n) is 7.73. The van der Waals surface area contributed by atoms with Gasteiger partial charge in [-0.1, -0.05) is 0 Å². The van der Waals surface area contributed by atoms with Crippen LogP contribution in [0.3, 0.4) is 0 Å². The van der Waals surface area contributed by atoms with Gasteiger partial charge in [-0.3, -0.25) is 9.59 Å². The highest BCUT2D eigenvalue weighted by atomic mass is 16.7. The van der Waals surface area contributed by atoms with Gasteiger partial charge in [0.05, 0.1) is 6.42 Å². The number of carboxylic acid groups (broad SMARTS) is 1.